The molecule has 0 saturated carbocycles. The van der Waals surface area contributed by atoms with Crippen LogP contribution in [0.25, 0.3) is 0 Å². The first-order valence-corrected chi connectivity index (χ1v) is 7.59. The van der Waals surface area contributed by atoms with E-state index in [0.29, 0.717) is 0 Å². The predicted octanol–water partition coefficient (Wildman–Crippen LogP) is 3.61. The van der Waals surface area contributed by atoms with Gasteiger partial charge in [0.05, 0.1) is 0 Å². The molecule has 2 bridgehead atoms. The van der Waals surface area contributed by atoms with E-state index < -0.39 is 0 Å². The third kappa shape index (κ3) is 1.46. The Balaban J connectivity index is 1.95. The van der Waals surface area contributed by atoms with Crippen molar-refractivity contribution in [2.75, 3.05) is 0 Å². The van der Waals surface area contributed by atoms with E-state index in [1.807, 2.05) is 0 Å². The number of rotatable bonds is 1. The molecular weight excluding hydrogens is 199 g/mol. The van der Waals surface area contributed by atoms with E-state index in [4.69, 9.17) is 0 Å². The van der Waals surface area contributed by atoms with Gasteiger partial charge in [-0.25, -0.2) is 0 Å². The monoisotopic (exact) mass is 218 g/mol. The molecule has 0 N–H and O–H groups in total. The lowest BCUT2D eigenvalue weighted by atomic mass is 9.84. The van der Waals surface area contributed by atoms with Gasteiger partial charge in [0.1, 0.15) is 0 Å². The van der Waals surface area contributed by atoms with Crippen LogP contribution >= 0.6 is 7.92 Å². The van der Waals surface area contributed by atoms with Crippen molar-refractivity contribution < 1.29 is 0 Å². The van der Waals surface area contributed by atoms with Gasteiger partial charge in [0, 0.05) is 0 Å². The highest BCUT2D eigenvalue weighted by Crippen LogP contribution is 2.67. The maximum atomic E-state index is 2.47. The van der Waals surface area contributed by atoms with Crippen LogP contribution in [-0.2, 0) is 0 Å². The van der Waals surface area contributed by atoms with Crippen LogP contribution in [0.3, 0.4) is 0 Å². The molecule has 15 heavy (non-hydrogen) atoms. The second-order valence-corrected chi connectivity index (χ2v) is 7.96. The highest BCUT2D eigenvalue weighted by molar-refractivity contribution is 7.67. The molecule has 2 fully saturated rings. The third-order valence-electron chi connectivity index (χ3n) is 4.31. The quantitative estimate of drug-likeness (QED) is 0.632. The Hall–Kier alpha value is -0.350. The van der Waals surface area contributed by atoms with Gasteiger partial charge in [0.15, 0.2) is 0 Å². The third-order valence-corrected chi connectivity index (χ3v) is 8.07. The van der Waals surface area contributed by atoms with Gasteiger partial charge in [0.2, 0.25) is 0 Å². The first-order valence-electron chi connectivity index (χ1n) is 6.11. The molecule has 80 valence electrons. The second-order valence-electron chi connectivity index (χ2n) is 5.30. The Bertz CT molecular complexity index is 330. The van der Waals surface area contributed by atoms with Gasteiger partial charge in [-0.15, -0.1) is 0 Å². The number of hydrogen-bond donors (Lipinski definition) is 0. The Morgan fingerprint density at radius 1 is 0.933 bits per heavy atom. The van der Waals surface area contributed by atoms with Gasteiger partial charge in [-0.1, -0.05) is 52.1 Å². The van der Waals surface area contributed by atoms with Crippen molar-refractivity contribution in [1.82, 2.24) is 0 Å². The average molecular weight is 218 g/mol. The van der Waals surface area contributed by atoms with Crippen LogP contribution in [-0.4, -0.2) is 11.3 Å². The fraction of sp³-hybridized carbons (Fsp3) is 0.571. The largest absolute Gasteiger partial charge is 0.0684 e. The van der Waals surface area contributed by atoms with E-state index in [1.165, 1.54) is 12.8 Å². The molecule has 0 aliphatic carbocycles. The summed E-state index contributed by atoms with van der Waals surface area (Å²) in [5.41, 5.74) is 2.06. The van der Waals surface area contributed by atoms with Gasteiger partial charge in [-0.2, -0.15) is 0 Å². The minimum absolute atomic E-state index is 0.170. The Kier molecular flexibility index (Phi) is 2.36. The predicted molar refractivity (Wildman–Crippen MR) is 68.1 cm³/mol. The van der Waals surface area contributed by atoms with Crippen LogP contribution in [0.2, 0.25) is 0 Å². The van der Waals surface area contributed by atoms with Crippen molar-refractivity contribution in [3.63, 3.8) is 0 Å². The average Bonchev–Trinajstić information content (AvgIpc) is 2.73. The van der Waals surface area contributed by atoms with Crippen molar-refractivity contribution >= 4 is 13.2 Å². The fourth-order valence-electron chi connectivity index (χ4n) is 3.55. The summed E-state index contributed by atoms with van der Waals surface area (Å²) < 4.78 is 0. The molecule has 2 aliphatic heterocycles. The lowest BCUT2D eigenvalue weighted by molar-refractivity contribution is 0.365. The van der Waals surface area contributed by atoms with Crippen LogP contribution in [0.15, 0.2) is 30.3 Å². The molecule has 1 heteroatoms. The van der Waals surface area contributed by atoms with Crippen LogP contribution in [0, 0.1) is 11.8 Å². The summed E-state index contributed by atoms with van der Waals surface area (Å²) in [6, 6.07) is 11.3. The van der Waals surface area contributed by atoms with E-state index in [9.17, 15) is 0 Å². The van der Waals surface area contributed by atoms with Gasteiger partial charge >= 0.3 is 0 Å². The van der Waals surface area contributed by atoms with Crippen LogP contribution in [0.5, 0.6) is 0 Å². The molecule has 4 atom stereocenters. The summed E-state index contributed by atoms with van der Waals surface area (Å²) in [5.74, 6) is 1.97. The van der Waals surface area contributed by atoms with Crippen molar-refractivity contribution in [1.29, 1.82) is 0 Å². The summed E-state index contributed by atoms with van der Waals surface area (Å²) in [7, 11) is 0.170. The van der Waals surface area contributed by atoms with Crippen LogP contribution < -0.4 is 5.30 Å². The first-order chi connectivity index (χ1) is 7.27. The number of benzene rings is 1. The molecule has 3 rings (SSSR count). The lowest BCUT2D eigenvalue weighted by Crippen LogP contribution is -2.18. The molecule has 2 aliphatic rings. The molecule has 0 spiro atoms. The highest BCUT2D eigenvalue weighted by atomic mass is 31.1. The summed E-state index contributed by atoms with van der Waals surface area (Å²) in [6.07, 6.45) is 2.98. The lowest BCUT2D eigenvalue weighted by Gasteiger charge is -2.20. The molecule has 0 nitrogen and oxygen atoms in total. The Morgan fingerprint density at radius 3 is 2.00 bits per heavy atom. The molecule has 1 aromatic carbocycles. The summed E-state index contributed by atoms with van der Waals surface area (Å²) in [4.78, 5) is 0. The first kappa shape index (κ1) is 9.85. The van der Waals surface area contributed by atoms with E-state index in [2.05, 4.69) is 44.2 Å². The zero-order valence-electron chi connectivity index (χ0n) is 9.56. The van der Waals surface area contributed by atoms with Crippen molar-refractivity contribution in [2.45, 2.75) is 38.0 Å². The minimum Gasteiger partial charge on any atom is -0.0684 e. The molecular formula is C14H19P. The number of hydrogen-bond acceptors (Lipinski definition) is 0. The topological polar surface area (TPSA) is 0 Å². The SMILES string of the molecule is CC1CC2C(C)CC1P2c1ccccc1. The van der Waals surface area contributed by atoms with E-state index in [-0.39, 0.29) is 7.92 Å². The summed E-state index contributed by atoms with van der Waals surface area (Å²) >= 11 is 0. The zero-order chi connectivity index (χ0) is 10.4. The van der Waals surface area contributed by atoms with Gasteiger partial charge in [-0.05, 0) is 41.3 Å². The molecule has 4 unspecified atom stereocenters. The highest BCUT2D eigenvalue weighted by Gasteiger charge is 2.49. The second kappa shape index (κ2) is 3.59. The van der Waals surface area contributed by atoms with Crippen LogP contribution in [0.1, 0.15) is 26.7 Å². The minimum atomic E-state index is 0.170. The van der Waals surface area contributed by atoms with E-state index in [0.717, 1.165) is 23.2 Å². The normalized spacial score (nSPS) is 43.5. The molecule has 1 aromatic rings. The molecule has 0 radical (unpaired) electrons. The van der Waals surface area contributed by atoms with E-state index >= 15 is 0 Å². The summed E-state index contributed by atoms with van der Waals surface area (Å²) in [5, 5.41) is 1.66. The van der Waals surface area contributed by atoms with Crippen molar-refractivity contribution in [3.05, 3.63) is 30.3 Å². The fourth-order valence-corrected chi connectivity index (χ4v) is 7.78. The maximum absolute atomic E-state index is 2.47. The zero-order valence-corrected chi connectivity index (χ0v) is 10.5. The van der Waals surface area contributed by atoms with Crippen molar-refractivity contribution in [2.24, 2.45) is 11.8 Å². The van der Waals surface area contributed by atoms with E-state index in [1.54, 1.807) is 5.30 Å². The van der Waals surface area contributed by atoms with Gasteiger partial charge in [-0.3, -0.25) is 0 Å². The Labute approximate surface area is 93.8 Å². The molecule has 0 aromatic heterocycles. The molecule has 2 heterocycles. The smallest absolute Gasteiger partial charge is 0.0138 e. The maximum Gasteiger partial charge on any atom is -0.0138 e. The summed E-state index contributed by atoms with van der Waals surface area (Å²) in [6.45, 7) is 4.93. The number of fused-ring (bicyclic) bond motifs is 2. The standard InChI is InChI=1S/C14H19P/c1-10-8-14-11(2)9-13(10)15(14)12-6-4-3-5-7-12/h3-7,10-11,13-14H,8-9H2,1-2H3. The van der Waals surface area contributed by atoms with Gasteiger partial charge in [0.25, 0.3) is 0 Å². The van der Waals surface area contributed by atoms with Crippen LogP contribution in [0.4, 0.5) is 0 Å². The van der Waals surface area contributed by atoms with Crippen molar-refractivity contribution in [3.8, 4) is 0 Å². The molecule has 2 saturated heterocycles. The molecule has 0 amide bonds. The Morgan fingerprint density at radius 2 is 1.47 bits per heavy atom. The van der Waals surface area contributed by atoms with Gasteiger partial charge < -0.3 is 0 Å².